The fourth-order valence-electron chi connectivity index (χ4n) is 2.51. The normalized spacial score (nSPS) is 15.8. The molecule has 1 heterocycles. The van der Waals surface area contributed by atoms with E-state index in [4.69, 9.17) is 4.74 Å². The Morgan fingerprint density at radius 1 is 1.38 bits per heavy atom. The molecule has 2 amide bonds. The molecule has 0 aromatic heterocycles. The Hall–Kier alpha value is -2.29. The minimum absolute atomic E-state index is 0.0160. The van der Waals surface area contributed by atoms with Crippen molar-refractivity contribution in [3.63, 3.8) is 0 Å². The molecular formula is C17H21F3N2O4. The van der Waals surface area contributed by atoms with Crippen molar-refractivity contribution in [2.75, 3.05) is 26.2 Å². The fourth-order valence-corrected chi connectivity index (χ4v) is 2.51. The van der Waals surface area contributed by atoms with Crippen molar-refractivity contribution >= 4 is 11.8 Å². The van der Waals surface area contributed by atoms with Crippen LogP contribution in [0.4, 0.5) is 13.2 Å². The Morgan fingerprint density at radius 3 is 2.81 bits per heavy atom. The molecule has 6 nitrogen and oxygen atoms in total. The third-order valence-corrected chi connectivity index (χ3v) is 3.92. The minimum atomic E-state index is -4.47. The molecule has 1 unspecified atom stereocenters. The Labute approximate surface area is 148 Å². The van der Waals surface area contributed by atoms with Gasteiger partial charge in [-0.2, -0.15) is 13.2 Å². The van der Waals surface area contributed by atoms with E-state index in [-0.39, 0.29) is 37.1 Å². The molecule has 0 saturated carbocycles. The van der Waals surface area contributed by atoms with E-state index in [9.17, 15) is 27.9 Å². The van der Waals surface area contributed by atoms with Crippen LogP contribution in [-0.2, 0) is 15.8 Å². The predicted octanol–water partition coefficient (Wildman–Crippen LogP) is 1.57. The number of nitrogens with one attached hydrogen (secondary N) is 1. The molecule has 1 aromatic rings. The zero-order valence-corrected chi connectivity index (χ0v) is 14.1. The summed E-state index contributed by atoms with van der Waals surface area (Å²) in [5.41, 5.74) is -0.839. The number of aliphatic hydroxyl groups is 1. The topological polar surface area (TPSA) is 78.9 Å². The molecular weight excluding hydrogens is 353 g/mol. The molecule has 1 aliphatic heterocycles. The van der Waals surface area contributed by atoms with Gasteiger partial charge in [-0.15, -0.1) is 0 Å². The van der Waals surface area contributed by atoms with Gasteiger partial charge in [-0.05, 0) is 24.6 Å². The highest BCUT2D eigenvalue weighted by molar-refractivity contribution is 5.80. The maximum Gasteiger partial charge on any atom is 0.416 e. The average Bonchev–Trinajstić information content (AvgIpc) is 3.01. The van der Waals surface area contributed by atoms with E-state index in [0.717, 1.165) is 18.6 Å². The van der Waals surface area contributed by atoms with Crippen LogP contribution in [0.3, 0.4) is 0 Å². The van der Waals surface area contributed by atoms with Crippen molar-refractivity contribution in [3.05, 3.63) is 29.8 Å². The average molecular weight is 374 g/mol. The third-order valence-electron chi connectivity index (χ3n) is 3.92. The van der Waals surface area contributed by atoms with Gasteiger partial charge in [-0.1, -0.05) is 6.07 Å². The molecule has 2 N–H and O–H groups in total. The lowest BCUT2D eigenvalue weighted by Gasteiger charge is -2.16. The van der Waals surface area contributed by atoms with Gasteiger partial charge in [0.15, 0.2) is 0 Å². The summed E-state index contributed by atoms with van der Waals surface area (Å²) < 4.78 is 43.0. The van der Waals surface area contributed by atoms with E-state index in [0.29, 0.717) is 19.5 Å². The lowest BCUT2D eigenvalue weighted by Crippen LogP contribution is -2.37. The van der Waals surface area contributed by atoms with Crippen LogP contribution in [0.1, 0.15) is 24.8 Å². The van der Waals surface area contributed by atoms with Crippen LogP contribution in [0.25, 0.3) is 0 Å². The largest absolute Gasteiger partial charge is 0.491 e. The third kappa shape index (κ3) is 6.21. The number of ether oxygens (including phenoxy) is 1. The molecule has 1 fully saturated rings. The molecule has 0 radical (unpaired) electrons. The van der Waals surface area contributed by atoms with Crippen LogP contribution in [0.15, 0.2) is 24.3 Å². The number of hydrogen-bond donors (Lipinski definition) is 2. The molecule has 0 bridgehead atoms. The quantitative estimate of drug-likeness (QED) is 0.724. The summed E-state index contributed by atoms with van der Waals surface area (Å²) in [5, 5.41) is 12.3. The van der Waals surface area contributed by atoms with E-state index in [2.05, 4.69) is 5.32 Å². The van der Waals surface area contributed by atoms with E-state index in [1.165, 1.54) is 12.1 Å². The van der Waals surface area contributed by atoms with Crippen LogP contribution in [-0.4, -0.2) is 54.2 Å². The standard InChI is InChI=1S/C17H21F3N2O4/c18-17(19,20)12-3-1-4-14(9-12)26-11-13(23)10-21-15(24)6-8-22-7-2-5-16(22)25/h1,3-4,9,13,23H,2,5-8,10-11H2,(H,21,24). The number of rotatable bonds is 8. The second-order valence-corrected chi connectivity index (χ2v) is 6.03. The maximum atomic E-state index is 12.6. The number of halogens is 3. The van der Waals surface area contributed by atoms with Gasteiger partial charge in [-0.25, -0.2) is 0 Å². The number of amides is 2. The van der Waals surface area contributed by atoms with Gasteiger partial charge in [0.2, 0.25) is 11.8 Å². The Morgan fingerprint density at radius 2 is 2.15 bits per heavy atom. The zero-order valence-electron chi connectivity index (χ0n) is 14.1. The Bertz CT molecular complexity index is 637. The molecule has 0 aliphatic carbocycles. The van der Waals surface area contributed by atoms with Crippen LogP contribution < -0.4 is 10.1 Å². The summed E-state index contributed by atoms with van der Waals surface area (Å²) in [5.74, 6) is -0.298. The Balaban J connectivity index is 1.68. The minimum Gasteiger partial charge on any atom is -0.491 e. The molecule has 144 valence electrons. The lowest BCUT2D eigenvalue weighted by atomic mass is 10.2. The first kappa shape index (κ1) is 20.0. The van der Waals surface area contributed by atoms with Crippen molar-refractivity contribution in [1.82, 2.24) is 10.2 Å². The van der Waals surface area contributed by atoms with E-state index < -0.39 is 17.8 Å². The zero-order chi connectivity index (χ0) is 19.2. The van der Waals surface area contributed by atoms with Crippen molar-refractivity contribution in [2.24, 2.45) is 0 Å². The summed E-state index contributed by atoms with van der Waals surface area (Å²) in [6, 6.07) is 4.34. The van der Waals surface area contributed by atoms with Crippen LogP contribution >= 0.6 is 0 Å². The Kier molecular flexibility index (Phi) is 6.84. The van der Waals surface area contributed by atoms with Gasteiger partial charge in [0, 0.05) is 32.5 Å². The van der Waals surface area contributed by atoms with Gasteiger partial charge in [-0.3, -0.25) is 9.59 Å². The molecule has 2 rings (SSSR count). The monoisotopic (exact) mass is 374 g/mol. The molecule has 1 aromatic carbocycles. The van der Waals surface area contributed by atoms with E-state index in [1.54, 1.807) is 4.90 Å². The molecule has 1 saturated heterocycles. The molecule has 1 atom stereocenters. The summed E-state index contributed by atoms with van der Waals surface area (Å²) in [6.07, 6.45) is -4.10. The molecule has 9 heteroatoms. The van der Waals surface area contributed by atoms with E-state index >= 15 is 0 Å². The fraction of sp³-hybridized carbons (Fsp3) is 0.529. The molecule has 0 spiro atoms. The number of likely N-dealkylation sites (tertiary alicyclic amines) is 1. The summed E-state index contributed by atoms with van der Waals surface area (Å²) in [7, 11) is 0. The number of carbonyl (C=O) groups is 2. The second-order valence-electron chi connectivity index (χ2n) is 6.03. The van der Waals surface area contributed by atoms with Crippen molar-refractivity contribution in [1.29, 1.82) is 0 Å². The number of benzene rings is 1. The lowest BCUT2D eigenvalue weighted by molar-refractivity contribution is -0.137. The van der Waals surface area contributed by atoms with E-state index in [1.807, 2.05) is 0 Å². The highest BCUT2D eigenvalue weighted by atomic mass is 19.4. The first-order valence-electron chi connectivity index (χ1n) is 8.28. The smallest absolute Gasteiger partial charge is 0.416 e. The van der Waals surface area contributed by atoms with Crippen molar-refractivity contribution < 1.29 is 32.6 Å². The van der Waals surface area contributed by atoms with Crippen LogP contribution in [0, 0.1) is 0 Å². The molecule has 26 heavy (non-hydrogen) atoms. The molecule has 1 aliphatic rings. The van der Waals surface area contributed by atoms with Gasteiger partial charge in [0.05, 0.1) is 5.56 Å². The number of hydrogen-bond acceptors (Lipinski definition) is 4. The second kappa shape index (κ2) is 8.88. The van der Waals surface area contributed by atoms with Crippen molar-refractivity contribution in [2.45, 2.75) is 31.5 Å². The van der Waals surface area contributed by atoms with Crippen molar-refractivity contribution in [3.8, 4) is 5.75 Å². The maximum absolute atomic E-state index is 12.6. The summed E-state index contributed by atoms with van der Waals surface area (Å²) >= 11 is 0. The number of aliphatic hydroxyl groups excluding tert-OH is 1. The highest BCUT2D eigenvalue weighted by Crippen LogP contribution is 2.31. The summed E-state index contributed by atoms with van der Waals surface area (Å²) in [4.78, 5) is 24.8. The van der Waals surface area contributed by atoms with Crippen LogP contribution in [0.5, 0.6) is 5.75 Å². The SMILES string of the molecule is O=C(CCN1CCCC1=O)NCC(O)COc1cccc(C(F)(F)F)c1. The number of carbonyl (C=O) groups excluding carboxylic acids is 2. The van der Waals surface area contributed by atoms with Gasteiger partial charge in [0.25, 0.3) is 0 Å². The number of nitrogens with zero attached hydrogens (tertiary/aromatic N) is 1. The first-order chi connectivity index (χ1) is 12.3. The predicted molar refractivity (Wildman–Crippen MR) is 86.4 cm³/mol. The summed E-state index contributed by atoms with van der Waals surface area (Å²) in [6.45, 7) is 0.638. The first-order valence-corrected chi connectivity index (χ1v) is 8.28. The number of alkyl halides is 3. The van der Waals surface area contributed by atoms with Gasteiger partial charge >= 0.3 is 6.18 Å². The highest BCUT2D eigenvalue weighted by Gasteiger charge is 2.30. The van der Waals surface area contributed by atoms with Gasteiger partial charge < -0.3 is 20.1 Å². The van der Waals surface area contributed by atoms with Gasteiger partial charge in [0.1, 0.15) is 18.5 Å². The van der Waals surface area contributed by atoms with Crippen LogP contribution in [0.2, 0.25) is 0 Å².